The van der Waals surface area contributed by atoms with Crippen molar-refractivity contribution in [3.8, 4) is 11.5 Å². The monoisotopic (exact) mass is 284 g/mol. The number of hydrogen-bond donors (Lipinski definition) is 0. The van der Waals surface area contributed by atoms with Gasteiger partial charge in [0.1, 0.15) is 0 Å². The molecule has 1 aliphatic rings. The molecule has 0 atom stereocenters. The summed E-state index contributed by atoms with van der Waals surface area (Å²) >= 11 is 3.63. The standard InChI is InChI=1S/C11H14GeO2S/c1-12(2,3)11(15)8-4-5-9-10(6-8)14-7-13-9/h4-6H,7H2,1-3H3. The fourth-order valence-electron chi connectivity index (χ4n) is 1.47. The summed E-state index contributed by atoms with van der Waals surface area (Å²) in [5.41, 5.74) is 1.13. The molecule has 0 N–H and O–H groups in total. The van der Waals surface area contributed by atoms with E-state index in [4.69, 9.17) is 21.7 Å². The van der Waals surface area contributed by atoms with Gasteiger partial charge in [0.25, 0.3) is 0 Å². The van der Waals surface area contributed by atoms with Crippen LogP contribution in [0.4, 0.5) is 0 Å². The van der Waals surface area contributed by atoms with Crippen LogP contribution in [0.2, 0.25) is 17.3 Å². The molecule has 2 rings (SSSR count). The van der Waals surface area contributed by atoms with Gasteiger partial charge in [-0.1, -0.05) is 0 Å². The van der Waals surface area contributed by atoms with E-state index in [9.17, 15) is 0 Å². The molecule has 4 heteroatoms. The normalized spacial score (nSPS) is 14.1. The van der Waals surface area contributed by atoms with Gasteiger partial charge in [-0.25, -0.2) is 0 Å². The number of benzene rings is 1. The van der Waals surface area contributed by atoms with Gasteiger partial charge in [0.05, 0.1) is 0 Å². The molecule has 2 nitrogen and oxygen atoms in total. The molecular formula is C11H14GeO2S. The third-order valence-corrected chi connectivity index (χ3v) is 9.20. The van der Waals surface area contributed by atoms with Crippen LogP contribution in [0, 0.1) is 0 Å². The maximum absolute atomic E-state index is 5.52. The first kappa shape index (κ1) is 11.0. The Kier molecular flexibility index (Phi) is 2.77. The molecular weight excluding hydrogens is 269 g/mol. The number of ether oxygens (including phenoxy) is 2. The van der Waals surface area contributed by atoms with Crippen molar-refractivity contribution in [1.29, 1.82) is 0 Å². The molecule has 0 saturated carbocycles. The molecule has 0 saturated heterocycles. The van der Waals surface area contributed by atoms with Crippen molar-refractivity contribution in [2.75, 3.05) is 6.79 Å². The van der Waals surface area contributed by atoms with Crippen LogP contribution in [-0.2, 0) is 0 Å². The molecule has 80 valence electrons. The first-order valence-corrected chi connectivity index (χ1v) is 12.7. The van der Waals surface area contributed by atoms with Crippen LogP contribution < -0.4 is 9.47 Å². The zero-order valence-corrected chi connectivity index (χ0v) is 12.1. The molecule has 1 aromatic rings. The molecule has 0 bridgehead atoms. The molecule has 0 amide bonds. The van der Waals surface area contributed by atoms with Crippen LogP contribution in [0.5, 0.6) is 11.5 Å². The van der Waals surface area contributed by atoms with Gasteiger partial charge < -0.3 is 0 Å². The van der Waals surface area contributed by atoms with Gasteiger partial charge in [-0.3, -0.25) is 0 Å². The van der Waals surface area contributed by atoms with Gasteiger partial charge in [-0.15, -0.1) is 0 Å². The van der Waals surface area contributed by atoms with E-state index in [0.717, 1.165) is 20.8 Å². The first-order valence-electron chi connectivity index (χ1n) is 4.93. The first-order chi connectivity index (χ1) is 6.98. The van der Waals surface area contributed by atoms with Crippen molar-refractivity contribution >= 4 is 29.2 Å². The van der Waals surface area contributed by atoms with E-state index in [1.807, 2.05) is 18.2 Å². The summed E-state index contributed by atoms with van der Waals surface area (Å²) in [6.45, 7) is 0.322. The van der Waals surface area contributed by atoms with Gasteiger partial charge in [0.2, 0.25) is 0 Å². The molecule has 1 aromatic carbocycles. The number of hydrogen-bond acceptors (Lipinski definition) is 3. The van der Waals surface area contributed by atoms with Crippen LogP contribution in [-0.4, -0.2) is 23.8 Å². The van der Waals surface area contributed by atoms with Gasteiger partial charge in [0, 0.05) is 0 Å². The predicted molar refractivity (Wildman–Crippen MR) is 67.6 cm³/mol. The van der Waals surface area contributed by atoms with E-state index < -0.39 is 13.3 Å². The van der Waals surface area contributed by atoms with Crippen molar-refractivity contribution in [2.45, 2.75) is 17.3 Å². The molecule has 15 heavy (non-hydrogen) atoms. The molecule has 0 unspecified atom stereocenters. The summed E-state index contributed by atoms with van der Waals surface area (Å²) in [6, 6.07) is 5.98. The second-order valence-electron chi connectivity index (χ2n) is 4.65. The number of rotatable bonds is 2. The van der Waals surface area contributed by atoms with Crippen LogP contribution in [0.25, 0.3) is 0 Å². The molecule has 0 spiro atoms. The van der Waals surface area contributed by atoms with E-state index >= 15 is 0 Å². The summed E-state index contributed by atoms with van der Waals surface area (Å²) in [7, 11) is 0. The molecule has 0 aliphatic carbocycles. The summed E-state index contributed by atoms with van der Waals surface area (Å²) in [6.07, 6.45) is 0. The molecule has 1 aliphatic heterocycles. The van der Waals surface area contributed by atoms with Crippen LogP contribution in [0.3, 0.4) is 0 Å². The second kappa shape index (κ2) is 3.79. The zero-order chi connectivity index (χ0) is 11.1. The molecule has 0 radical (unpaired) electrons. The van der Waals surface area contributed by atoms with E-state index in [2.05, 4.69) is 17.3 Å². The third kappa shape index (κ3) is 2.18. The van der Waals surface area contributed by atoms with Crippen molar-refractivity contribution < 1.29 is 9.47 Å². The van der Waals surface area contributed by atoms with Crippen molar-refractivity contribution in [3.63, 3.8) is 0 Å². The Morgan fingerprint density at radius 2 is 1.87 bits per heavy atom. The van der Waals surface area contributed by atoms with Gasteiger partial charge in [-0.05, 0) is 0 Å². The minimum absolute atomic E-state index is 0.322. The van der Waals surface area contributed by atoms with Crippen LogP contribution in [0.1, 0.15) is 5.56 Å². The summed E-state index contributed by atoms with van der Waals surface area (Å²) in [5.74, 6) is 8.54. The Morgan fingerprint density at radius 1 is 1.20 bits per heavy atom. The Bertz CT molecular complexity index is 410. The summed E-state index contributed by atoms with van der Waals surface area (Å²) in [5, 5.41) is 0. The minimum atomic E-state index is -1.89. The number of thiocarbonyl (C=S) groups is 1. The summed E-state index contributed by atoms with van der Waals surface area (Å²) < 4.78 is 11.7. The maximum atomic E-state index is 5.52. The zero-order valence-electron chi connectivity index (χ0n) is 9.16. The average Bonchev–Trinajstić information content (AvgIpc) is 2.61. The van der Waals surface area contributed by atoms with E-state index in [1.165, 1.54) is 0 Å². The van der Waals surface area contributed by atoms with E-state index in [-0.39, 0.29) is 0 Å². The second-order valence-corrected chi connectivity index (χ2v) is 16.3. The summed E-state index contributed by atoms with van der Waals surface area (Å²) in [4.78, 5) is 0. The average molecular weight is 283 g/mol. The topological polar surface area (TPSA) is 18.5 Å². The SMILES string of the molecule is [CH3][Ge]([CH3])([CH3])[C](=S)c1ccc2c(c1)OCO2. The predicted octanol–water partition coefficient (Wildman–Crippen LogP) is 3.01. The molecule has 0 aromatic heterocycles. The number of fused-ring (bicyclic) bond motifs is 1. The van der Waals surface area contributed by atoms with Gasteiger partial charge in [0.15, 0.2) is 0 Å². The van der Waals surface area contributed by atoms with Crippen molar-refractivity contribution in [2.24, 2.45) is 0 Å². The van der Waals surface area contributed by atoms with Crippen LogP contribution in [0.15, 0.2) is 18.2 Å². The molecule has 0 fully saturated rings. The van der Waals surface area contributed by atoms with Gasteiger partial charge in [-0.2, -0.15) is 0 Å². The fraction of sp³-hybridized carbons (Fsp3) is 0.364. The van der Waals surface area contributed by atoms with Crippen molar-refractivity contribution in [3.05, 3.63) is 23.8 Å². The van der Waals surface area contributed by atoms with E-state index in [1.54, 1.807) is 0 Å². The third-order valence-electron chi connectivity index (χ3n) is 2.32. The Morgan fingerprint density at radius 3 is 2.53 bits per heavy atom. The Hall–Kier alpha value is -0.547. The van der Waals surface area contributed by atoms with Crippen molar-refractivity contribution in [1.82, 2.24) is 0 Å². The fourth-order valence-corrected chi connectivity index (χ4v) is 3.74. The Labute approximate surface area is 97.9 Å². The van der Waals surface area contributed by atoms with E-state index in [0.29, 0.717) is 6.79 Å². The van der Waals surface area contributed by atoms with Crippen LogP contribution >= 0.6 is 12.2 Å². The molecule has 1 heterocycles. The quantitative estimate of drug-likeness (QED) is 0.614. The Balaban J connectivity index is 2.35. The van der Waals surface area contributed by atoms with Gasteiger partial charge >= 0.3 is 98.0 Å².